The summed E-state index contributed by atoms with van der Waals surface area (Å²) < 4.78 is 38.7. The minimum Gasteiger partial charge on any atom is -0.486 e. The van der Waals surface area contributed by atoms with Gasteiger partial charge in [-0.15, -0.1) is 0 Å². The Morgan fingerprint density at radius 3 is 2.45 bits per heavy atom. The molecule has 0 saturated carbocycles. The molecule has 1 aromatic carbocycles. The SMILES string of the molecule is O=C(Cc1cc2c(cc1Br)OCCO2)N1CCN(S(=O)(=O)c2cccnc2)CC1. The van der Waals surface area contributed by atoms with Crippen LogP contribution in [0.4, 0.5) is 0 Å². The van der Waals surface area contributed by atoms with Crippen molar-refractivity contribution in [2.24, 2.45) is 0 Å². The Morgan fingerprint density at radius 1 is 1.10 bits per heavy atom. The number of benzene rings is 1. The summed E-state index contributed by atoms with van der Waals surface area (Å²) in [6, 6.07) is 6.76. The van der Waals surface area contributed by atoms with Crippen LogP contribution in [0.3, 0.4) is 0 Å². The van der Waals surface area contributed by atoms with Gasteiger partial charge in [0.25, 0.3) is 0 Å². The predicted molar refractivity (Wildman–Crippen MR) is 108 cm³/mol. The van der Waals surface area contributed by atoms with Crippen molar-refractivity contribution < 1.29 is 22.7 Å². The molecule has 4 rings (SSSR count). The molecule has 2 aromatic rings. The number of halogens is 1. The van der Waals surface area contributed by atoms with E-state index in [1.165, 1.54) is 22.8 Å². The summed E-state index contributed by atoms with van der Waals surface area (Å²) >= 11 is 3.49. The summed E-state index contributed by atoms with van der Waals surface area (Å²) in [5, 5.41) is 0. The number of carbonyl (C=O) groups excluding carboxylic acids is 1. The molecule has 8 nitrogen and oxygen atoms in total. The van der Waals surface area contributed by atoms with Crippen molar-refractivity contribution in [3.05, 3.63) is 46.7 Å². The highest BCUT2D eigenvalue weighted by Crippen LogP contribution is 2.35. The number of amides is 1. The molecule has 0 bridgehead atoms. The number of hydrogen-bond donors (Lipinski definition) is 0. The third kappa shape index (κ3) is 4.24. The molecule has 154 valence electrons. The fourth-order valence-corrected chi connectivity index (χ4v) is 5.19. The molecule has 29 heavy (non-hydrogen) atoms. The van der Waals surface area contributed by atoms with Crippen LogP contribution >= 0.6 is 15.9 Å². The number of aromatic nitrogens is 1. The van der Waals surface area contributed by atoms with Crippen LogP contribution in [0.15, 0.2) is 46.0 Å². The van der Waals surface area contributed by atoms with Gasteiger partial charge < -0.3 is 14.4 Å². The van der Waals surface area contributed by atoms with E-state index in [0.717, 1.165) is 10.0 Å². The number of hydrogen-bond acceptors (Lipinski definition) is 6. The molecular formula is C19H20BrN3O5S. The number of fused-ring (bicyclic) bond motifs is 1. The van der Waals surface area contributed by atoms with Crippen LogP contribution in [-0.2, 0) is 21.2 Å². The molecule has 3 heterocycles. The molecule has 0 aliphatic carbocycles. The second-order valence-electron chi connectivity index (χ2n) is 6.74. The number of sulfonamides is 1. The fourth-order valence-electron chi connectivity index (χ4n) is 3.34. The van der Waals surface area contributed by atoms with Crippen LogP contribution in [0, 0.1) is 0 Å². The fraction of sp³-hybridized carbons (Fsp3) is 0.368. The normalized spacial score (nSPS) is 17.2. The third-order valence-electron chi connectivity index (χ3n) is 4.92. The van der Waals surface area contributed by atoms with Gasteiger partial charge in [0.2, 0.25) is 15.9 Å². The van der Waals surface area contributed by atoms with Gasteiger partial charge in [0.1, 0.15) is 18.1 Å². The minimum absolute atomic E-state index is 0.0548. The van der Waals surface area contributed by atoms with Gasteiger partial charge in [0.15, 0.2) is 11.5 Å². The van der Waals surface area contributed by atoms with Crippen LogP contribution in [0.1, 0.15) is 5.56 Å². The van der Waals surface area contributed by atoms with Crippen LogP contribution in [-0.4, -0.2) is 67.9 Å². The molecule has 0 unspecified atom stereocenters. The summed E-state index contributed by atoms with van der Waals surface area (Å²) in [4.78, 5) is 18.5. The lowest BCUT2D eigenvalue weighted by Crippen LogP contribution is -2.50. The maximum atomic E-state index is 12.8. The lowest BCUT2D eigenvalue weighted by molar-refractivity contribution is -0.131. The van der Waals surface area contributed by atoms with Gasteiger partial charge in [0, 0.05) is 43.0 Å². The van der Waals surface area contributed by atoms with E-state index in [4.69, 9.17) is 9.47 Å². The van der Waals surface area contributed by atoms with E-state index >= 15 is 0 Å². The molecule has 0 spiro atoms. The van der Waals surface area contributed by atoms with Crippen molar-refractivity contribution in [2.45, 2.75) is 11.3 Å². The quantitative estimate of drug-likeness (QED) is 0.659. The molecule has 0 atom stereocenters. The number of rotatable bonds is 4. The van der Waals surface area contributed by atoms with E-state index in [1.807, 2.05) is 12.1 Å². The van der Waals surface area contributed by atoms with Crippen molar-refractivity contribution in [2.75, 3.05) is 39.4 Å². The van der Waals surface area contributed by atoms with Crippen molar-refractivity contribution in [3.63, 3.8) is 0 Å². The maximum Gasteiger partial charge on any atom is 0.244 e. The Morgan fingerprint density at radius 2 is 1.79 bits per heavy atom. The van der Waals surface area contributed by atoms with Gasteiger partial charge >= 0.3 is 0 Å². The summed E-state index contributed by atoms with van der Waals surface area (Å²) in [6.45, 7) is 2.19. The largest absolute Gasteiger partial charge is 0.486 e. The van der Waals surface area contributed by atoms with E-state index in [2.05, 4.69) is 20.9 Å². The highest BCUT2D eigenvalue weighted by molar-refractivity contribution is 9.10. The number of pyridine rings is 1. The first-order chi connectivity index (χ1) is 13.9. The summed E-state index contributed by atoms with van der Waals surface area (Å²) in [7, 11) is -3.59. The third-order valence-corrected chi connectivity index (χ3v) is 7.54. The Bertz CT molecular complexity index is 1010. The number of carbonyl (C=O) groups is 1. The molecular weight excluding hydrogens is 462 g/mol. The van der Waals surface area contributed by atoms with Crippen molar-refractivity contribution >= 4 is 31.9 Å². The Balaban J connectivity index is 1.40. The zero-order valence-electron chi connectivity index (χ0n) is 15.6. The molecule has 0 N–H and O–H groups in total. The summed E-state index contributed by atoms with van der Waals surface area (Å²) in [5.74, 6) is 1.24. The molecule has 1 amide bonds. The molecule has 2 aliphatic heterocycles. The smallest absolute Gasteiger partial charge is 0.244 e. The lowest BCUT2D eigenvalue weighted by Gasteiger charge is -2.34. The second-order valence-corrected chi connectivity index (χ2v) is 9.53. The summed E-state index contributed by atoms with van der Waals surface area (Å²) in [6.07, 6.45) is 3.07. The summed E-state index contributed by atoms with van der Waals surface area (Å²) in [5.41, 5.74) is 0.810. The Kier molecular flexibility index (Phi) is 5.75. The molecule has 1 saturated heterocycles. The van der Waals surface area contributed by atoms with E-state index in [-0.39, 0.29) is 30.3 Å². The highest BCUT2D eigenvalue weighted by atomic mass is 79.9. The minimum atomic E-state index is -3.59. The highest BCUT2D eigenvalue weighted by Gasteiger charge is 2.30. The van der Waals surface area contributed by atoms with Crippen LogP contribution < -0.4 is 9.47 Å². The first-order valence-corrected chi connectivity index (χ1v) is 11.4. The Labute approximate surface area is 177 Å². The average Bonchev–Trinajstić information content (AvgIpc) is 2.75. The average molecular weight is 482 g/mol. The van der Waals surface area contributed by atoms with Crippen molar-refractivity contribution in [1.82, 2.24) is 14.2 Å². The van der Waals surface area contributed by atoms with E-state index in [1.54, 1.807) is 11.0 Å². The zero-order chi connectivity index (χ0) is 20.4. The number of ether oxygens (including phenoxy) is 2. The van der Waals surface area contributed by atoms with E-state index in [9.17, 15) is 13.2 Å². The predicted octanol–water partition coefficient (Wildman–Crippen LogP) is 1.69. The first-order valence-electron chi connectivity index (χ1n) is 9.21. The van der Waals surface area contributed by atoms with Gasteiger partial charge in [-0.05, 0) is 29.8 Å². The van der Waals surface area contributed by atoms with Gasteiger partial charge in [0.05, 0.1) is 6.42 Å². The topological polar surface area (TPSA) is 89.0 Å². The van der Waals surface area contributed by atoms with Crippen LogP contribution in [0.2, 0.25) is 0 Å². The van der Waals surface area contributed by atoms with Crippen LogP contribution in [0.5, 0.6) is 11.5 Å². The van der Waals surface area contributed by atoms with Gasteiger partial charge in [-0.2, -0.15) is 4.31 Å². The maximum absolute atomic E-state index is 12.8. The van der Waals surface area contributed by atoms with Gasteiger partial charge in [-0.25, -0.2) is 8.42 Å². The Hall–Kier alpha value is -2.17. The van der Waals surface area contributed by atoms with Gasteiger partial charge in [-0.1, -0.05) is 15.9 Å². The number of nitrogens with zero attached hydrogens (tertiary/aromatic N) is 3. The lowest BCUT2D eigenvalue weighted by atomic mass is 10.1. The second kappa shape index (κ2) is 8.29. The van der Waals surface area contributed by atoms with Crippen molar-refractivity contribution in [3.8, 4) is 11.5 Å². The monoisotopic (exact) mass is 481 g/mol. The van der Waals surface area contributed by atoms with E-state index < -0.39 is 10.0 Å². The molecule has 1 aromatic heterocycles. The molecule has 2 aliphatic rings. The molecule has 0 radical (unpaired) electrons. The molecule has 1 fully saturated rings. The first kappa shape index (κ1) is 20.1. The molecule has 10 heteroatoms. The van der Waals surface area contributed by atoms with Gasteiger partial charge in [-0.3, -0.25) is 9.78 Å². The number of piperazine rings is 1. The van der Waals surface area contributed by atoms with E-state index in [0.29, 0.717) is 37.8 Å². The zero-order valence-corrected chi connectivity index (χ0v) is 18.0. The van der Waals surface area contributed by atoms with Crippen molar-refractivity contribution in [1.29, 1.82) is 0 Å². The standard InChI is InChI=1S/C19H20BrN3O5S/c20-16-12-18-17(27-8-9-28-18)10-14(16)11-19(24)22-4-6-23(7-5-22)29(25,26)15-2-1-3-21-13-15/h1-3,10,12-13H,4-9,11H2. The van der Waals surface area contributed by atoms with Crippen LogP contribution in [0.25, 0.3) is 0 Å².